The van der Waals surface area contributed by atoms with E-state index in [1.165, 1.54) is 36.4 Å². The van der Waals surface area contributed by atoms with Gasteiger partial charge in [0, 0.05) is 29.2 Å². The highest BCUT2D eigenvalue weighted by molar-refractivity contribution is 8.00. The summed E-state index contributed by atoms with van der Waals surface area (Å²) in [5.74, 6) is 0.229. The number of amides is 1. The van der Waals surface area contributed by atoms with Crippen LogP contribution in [0.3, 0.4) is 0 Å². The number of hydrogen-bond acceptors (Lipinski definition) is 3. The molecule has 3 nitrogen and oxygen atoms in total. The van der Waals surface area contributed by atoms with E-state index < -0.39 is 0 Å². The van der Waals surface area contributed by atoms with E-state index in [1.807, 2.05) is 11.8 Å². The summed E-state index contributed by atoms with van der Waals surface area (Å²) < 4.78 is 0. The van der Waals surface area contributed by atoms with Gasteiger partial charge in [0.1, 0.15) is 0 Å². The van der Waals surface area contributed by atoms with Crippen LogP contribution in [-0.2, 0) is 4.79 Å². The number of nitrogens with one attached hydrogen (secondary N) is 1. The number of hydrogen-bond donors (Lipinski definition) is 1. The summed E-state index contributed by atoms with van der Waals surface area (Å²) >= 11 is 2.03. The molecule has 2 aliphatic rings. The predicted molar refractivity (Wildman–Crippen MR) is 92.3 cm³/mol. The lowest BCUT2D eigenvalue weighted by Crippen LogP contribution is -2.42. The number of rotatable bonds is 3. The maximum atomic E-state index is 11.5. The Morgan fingerprint density at radius 2 is 1.82 bits per heavy atom. The molecule has 2 saturated heterocycles. The summed E-state index contributed by atoms with van der Waals surface area (Å²) in [6, 6.07) is 9.49. The molecule has 1 aromatic rings. The molecule has 1 aromatic carbocycles. The molecule has 120 valence electrons. The molecule has 3 rings (SSSR count). The minimum absolute atomic E-state index is 0.229. The molecule has 2 fully saturated rings. The Bertz CT molecular complexity index is 494. The summed E-state index contributed by atoms with van der Waals surface area (Å²) in [7, 11) is 0. The fourth-order valence-corrected chi connectivity index (χ4v) is 4.57. The largest absolute Gasteiger partial charge is 0.356 e. The van der Waals surface area contributed by atoms with Gasteiger partial charge in [0.25, 0.3) is 0 Å². The zero-order chi connectivity index (χ0) is 15.4. The van der Waals surface area contributed by atoms with E-state index in [1.54, 1.807) is 0 Å². The molecule has 0 aromatic heterocycles. The van der Waals surface area contributed by atoms with Crippen molar-refractivity contribution in [2.45, 2.75) is 55.2 Å². The van der Waals surface area contributed by atoms with Crippen molar-refractivity contribution in [3.8, 4) is 0 Å². The second-order valence-electron chi connectivity index (χ2n) is 6.50. The quantitative estimate of drug-likeness (QED) is 0.929. The molecule has 0 spiro atoms. The van der Waals surface area contributed by atoms with Gasteiger partial charge in [0.05, 0.1) is 0 Å². The van der Waals surface area contributed by atoms with Crippen molar-refractivity contribution in [1.82, 2.24) is 10.2 Å². The highest BCUT2D eigenvalue weighted by Gasteiger charge is 2.27. The van der Waals surface area contributed by atoms with Crippen LogP contribution in [-0.4, -0.2) is 41.7 Å². The topological polar surface area (TPSA) is 32.3 Å². The van der Waals surface area contributed by atoms with E-state index in [9.17, 15) is 4.79 Å². The third-order valence-electron chi connectivity index (χ3n) is 4.82. The van der Waals surface area contributed by atoms with Crippen molar-refractivity contribution in [1.29, 1.82) is 0 Å². The average Bonchev–Trinajstić information content (AvgIpc) is 2.75. The molecule has 1 unspecified atom stereocenters. The van der Waals surface area contributed by atoms with Gasteiger partial charge in [-0.25, -0.2) is 0 Å². The Hall–Kier alpha value is -1.00. The van der Waals surface area contributed by atoms with E-state index in [4.69, 9.17) is 0 Å². The van der Waals surface area contributed by atoms with E-state index in [0.717, 1.165) is 24.6 Å². The molecule has 1 amide bonds. The van der Waals surface area contributed by atoms with Crippen LogP contribution in [0.25, 0.3) is 0 Å². The van der Waals surface area contributed by atoms with Gasteiger partial charge in [-0.3, -0.25) is 4.79 Å². The molecule has 0 bridgehead atoms. The Kier molecular flexibility index (Phi) is 5.42. The smallest absolute Gasteiger partial charge is 0.220 e. The fourth-order valence-electron chi connectivity index (χ4n) is 3.44. The average molecular weight is 318 g/mol. The van der Waals surface area contributed by atoms with Crippen LogP contribution in [0.5, 0.6) is 0 Å². The minimum Gasteiger partial charge on any atom is -0.356 e. The first kappa shape index (κ1) is 15.9. The first-order chi connectivity index (χ1) is 10.7. The van der Waals surface area contributed by atoms with E-state index in [-0.39, 0.29) is 5.91 Å². The van der Waals surface area contributed by atoms with Crippen LogP contribution in [0.2, 0.25) is 0 Å². The Morgan fingerprint density at radius 3 is 2.55 bits per heavy atom. The Morgan fingerprint density at radius 1 is 1.09 bits per heavy atom. The monoisotopic (exact) mass is 318 g/mol. The minimum atomic E-state index is 0.229. The lowest BCUT2D eigenvalue weighted by atomic mass is 10.0. The summed E-state index contributed by atoms with van der Waals surface area (Å²) in [4.78, 5) is 15.5. The predicted octanol–water partition coefficient (Wildman–Crippen LogP) is 3.22. The van der Waals surface area contributed by atoms with Crippen LogP contribution in [0, 0.1) is 6.92 Å². The first-order valence-corrected chi connectivity index (χ1v) is 9.33. The fraction of sp³-hybridized carbons (Fsp3) is 0.611. The SMILES string of the molecule is Cc1ccc(SC2CCN(C3CCNC(=O)CC3)CC2)cc1. The standard InChI is InChI=1S/C18H26N2OS/c1-14-2-5-16(6-3-14)22-17-9-12-20(13-10-17)15-4-7-18(21)19-11-8-15/h2-3,5-6,15,17H,4,7-13H2,1H3,(H,19,21). The van der Waals surface area contributed by atoms with Crippen LogP contribution < -0.4 is 5.32 Å². The molecule has 1 atom stereocenters. The molecule has 2 aliphatic heterocycles. The second-order valence-corrected chi connectivity index (χ2v) is 7.87. The van der Waals surface area contributed by atoms with Crippen molar-refractivity contribution in [3.63, 3.8) is 0 Å². The lowest BCUT2D eigenvalue weighted by Gasteiger charge is -2.37. The highest BCUT2D eigenvalue weighted by atomic mass is 32.2. The van der Waals surface area contributed by atoms with Gasteiger partial charge in [0.15, 0.2) is 0 Å². The van der Waals surface area contributed by atoms with Gasteiger partial charge in [-0.15, -0.1) is 11.8 Å². The van der Waals surface area contributed by atoms with Crippen LogP contribution in [0.15, 0.2) is 29.2 Å². The molecule has 4 heteroatoms. The third kappa shape index (κ3) is 4.26. The maximum absolute atomic E-state index is 11.5. The second kappa shape index (κ2) is 7.51. The molecule has 22 heavy (non-hydrogen) atoms. The zero-order valence-electron chi connectivity index (χ0n) is 13.4. The molecule has 2 heterocycles. The van der Waals surface area contributed by atoms with Crippen molar-refractivity contribution >= 4 is 17.7 Å². The molecular weight excluding hydrogens is 292 g/mol. The van der Waals surface area contributed by atoms with Crippen LogP contribution >= 0.6 is 11.8 Å². The van der Waals surface area contributed by atoms with Crippen molar-refractivity contribution < 1.29 is 4.79 Å². The highest BCUT2D eigenvalue weighted by Crippen LogP contribution is 2.31. The summed E-state index contributed by atoms with van der Waals surface area (Å²) in [5, 5.41) is 3.73. The van der Waals surface area contributed by atoms with E-state index in [0.29, 0.717) is 12.5 Å². The third-order valence-corrected chi connectivity index (χ3v) is 6.17. The molecule has 0 radical (unpaired) electrons. The molecule has 0 aliphatic carbocycles. The molecule has 0 saturated carbocycles. The number of nitrogens with zero attached hydrogens (tertiary/aromatic N) is 1. The lowest BCUT2D eigenvalue weighted by molar-refractivity contribution is -0.120. The number of carbonyl (C=O) groups is 1. The van der Waals surface area contributed by atoms with Crippen LogP contribution in [0.1, 0.15) is 37.7 Å². The van der Waals surface area contributed by atoms with Gasteiger partial charge in [-0.1, -0.05) is 17.7 Å². The number of likely N-dealkylation sites (tertiary alicyclic amines) is 1. The molecular formula is C18H26N2OS. The van der Waals surface area contributed by atoms with Crippen molar-refractivity contribution in [2.75, 3.05) is 19.6 Å². The zero-order valence-corrected chi connectivity index (χ0v) is 14.2. The Balaban J connectivity index is 1.47. The van der Waals surface area contributed by atoms with E-state index >= 15 is 0 Å². The summed E-state index contributed by atoms with van der Waals surface area (Å²) in [6.07, 6.45) is 5.36. The Labute approximate surface area is 137 Å². The molecule has 1 N–H and O–H groups in total. The number of piperidine rings is 1. The van der Waals surface area contributed by atoms with Gasteiger partial charge >= 0.3 is 0 Å². The van der Waals surface area contributed by atoms with Gasteiger partial charge in [-0.2, -0.15) is 0 Å². The van der Waals surface area contributed by atoms with E-state index in [2.05, 4.69) is 41.4 Å². The maximum Gasteiger partial charge on any atom is 0.220 e. The van der Waals surface area contributed by atoms with Crippen LogP contribution in [0.4, 0.5) is 0 Å². The summed E-state index contributed by atoms with van der Waals surface area (Å²) in [6.45, 7) is 5.35. The normalized spacial score (nSPS) is 24.8. The van der Waals surface area contributed by atoms with Gasteiger partial charge in [0.2, 0.25) is 5.91 Å². The number of aryl methyl sites for hydroxylation is 1. The number of carbonyl (C=O) groups excluding carboxylic acids is 1. The van der Waals surface area contributed by atoms with Gasteiger partial charge in [-0.05, 0) is 57.8 Å². The number of thioether (sulfide) groups is 1. The summed E-state index contributed by atoms with van der Waals surface area (Å²) in [5.41, 5.74) is 1.33. The van der Waals surface area contributed by atoms with Crippen molar-refractivity contribution in [2.24, 2.45) is 0 Å². The first-order valence-electron chi connectivity index (χ1n) is 8.45. The van der Waals surface area contributed by atoms with Gasteiger partial charge < -0.3 is 10.2 Å². The van der Waals surface area contributed by atoms with Crippen molar-refractivity contribution in [3.05, 3.63) is 29.8 Å². The number of benzene rings is 1.